The molecule has 1 aromatic carbocycles. The molecule has 5 nitrogen and oxygen atoms in total. The molecule has 20 heavy (non-hydrogen) atoms. The highest BCUT2D eigenvalue weighted by molar-refractivity contribution is 5.88. The monoisotopic (exact) mass is 274 g/mol. The van der Waals surface area contributed by atoms with Crippen LogP contribution in [-0.2, 0) is 0 Å². The number of aromatic nitrogens is 2. The second kappa shape index (κ2) is 5.32. The molecular weight excluding hydrogens is 252 g/mol. The molecule has 0 saturated heterocycles. The molecule has 0 spiro atoms. The van der Waals surface area contributed by atoms with Crippen molar-refractivity contribution >= 4 is 22.3 Å². The summed E-state index contributed by atoms with van der Waals surface area (Å²) in [6.45, 7) is 0.552. The van der Waals surface area contributed by atoms with Gasteiger partial charge in [-0.1, -0.05) is 25.7 Å². The van der Waals surface area contributed by atoms with Gasteiger partial charge in [-0.2, -0.15) is 5.10 Å². The van der Waals surface area contributed by atoms with E-state index in [2.05, 4.69) is 15.5 Å². The number of nitrogens with zero attached hydrogens (tertiary/aromatic N) is 1. The lowest BCUT2D eigenvalue weighted by Gasteiger charge is -2.27. The largest absolute Gasteiger partial charge is 0.397 e. The van der Waals surface area contributed by atoms with E-state index < -0.39 is 5.60 Å². The maximum Gasteiger partial charge on any atom is 0.0819 e. The molecule has 1 aliphatic rings. The van der Waals surface area contributed by atoms with E-state index in [1.54, 1.807) is 6.20 Å². The quantitative estimate of drug-likeness (QED) is 0.512. The summed E-state index contributed by atoms with van der Waals surface area (Å²) in [6.07, 6.45) is 8.16. The topological polar surface area (TPSA) is 87.0 Å². The third-order valence-electron chi connectivity index (χ3n) is 4.25. The molecule has 3 rings (SSSR count). The van der Waals surface area contributed by atoms with Gasteiger partial charge in [0.1, 0.15) is 0 Å². The zero-order valence-electron chi connectivity index (χ0n) is 11.7. The van der Waals surface area contributed by atoms with E-state index in [0.29, 0.717) is 12.2 Å². The molecular formula is C15H22N4O. The van der Waals surface area contributed by atoms with Crippen LogP contribution in [0.2, 0.25) is 0 Å². The van der Waals surface area contributed by atoms with Crippen LogP contribution in [0.15, 0.2) is 18.3 Å². The third kappa shape index (κ3) is 2.72. The molecule has 0 amide bonds. The Morgan fingerprint density at radius 1 is 1.25 bits per heavy atom. The van der Waals surface area contributed by atoms with Gasteiger partial charge in [-0.05, 0) is 25.0 Å². The highest BCUT2D eigenvalue weighted by atomic mass is 16.3. The molecule has 2 aromatic rings. The molecule has 5 N–H and O–H groups in total. The number of benzene rings is 1. The van der Waals surface area contributed by atoms with E-state index in [4.69, 9.17) is 5.73 Å². The summed E-state index contributed by atoms with van der Waals surface area (Å²) in [5.41, 5.74) is 7.95. The Morgan fingerprint density at radius 2 is 2.00 bits per heavy atom. The zero-order chi connectivity index (χ0) is 14.0. The number of H-pyrrole nitrogens is 1. The smallest absolute Gasteiger partial charge is 0.0819 e. The number of fused-ring (bicyclic) bond motifs is 1. The van der Waals surface area contributed by atoms with Crippen molar-refractivity contribution in [2.45, 2.75) is 44.1 Å². The molecule has 1 saturated carbocycles. The number of hydrogen-bond donors (Lipinski definition) is 4. The summed E-state index contributed by atoms with van der Waals surface area (Å²) in [6, 6.07) is 3.86. The van der Waals surface area contributed by atoms with Crippen molar-refractivity contribution in [1.82, 2.24) is 10.2 Å². The normalized spacial score (nSPS) is 18.9. The average molecular weight is 274 g/mol. The standard InChI is InChI=1S/C15H22N4O/c16-12-7-11-9-18-19-13(11)8-14(12)17-10-15(20)5-3-1-2-4-6-15/h7-9,17,20H,1-6,10,16H2,(H,18,19). The van der Waals surface area contributed by atoms with Crippen LogP contribution in [0, 0.1) is 0 Å². The number of hydrogen-bond acceptors (Lipinski definition) is 4. The van der Waals surface area contributed by atoms with E-state index in [9.17, 15) is 5.11 Å². The van der Waals surface area contributed by atoms with Crippen molar-refractivity contribution in [3.05, 3.63) is 18.3 Å². The fraction of sp³-hybridized carbons (Fsp3) is 0.533. The summed E-state index contributed by atoms with van der Waals surface area (Å²) in [5.74, 6) is 0. The minimum atomic E-state index is -0.605. The Balaban J connectivity index is 1.73. The van der Waals surface area contributed by atoms with Gasteiger partial charge in [0.15, 0.2) is 0 Å². The predicted octanol–water partition coefficient (Wildman–Crippen LogP) is 2.64. The van der Waals surface area contributed by atoms with Crippen LogP contribution in [0.1, 0.15) is 38.5 Å². The van der Waals surface area contributed by atoms with Gasteiger partial charge in [-0.25, -0.2) is 0 Å². The molecule has 1 aliphatic carbocycles. The van der Waals surface area contributed by atoms with Gasteiger partial charge in [-0.15, -0.1) is 0 Å². The molecule has 0 radical (unpaired) electrons. The Bertz CT molecular complexity index is 585. The summed E-state index contributed by atoms with van der Waals surface area (Å²) < 4.78 is 0. The first-order valence-electron chi connectivity index (χ1n) is 7.35. The first-order chi connectivity index (χ1) is 9.66. The summed E-state index contributed by atoms with van der Waals surface area (Å²) in [4.78, 5) is 0. The van der Waals surface area contributed by atoms with Crippen molar-refractivity contribution < 1.29 is 5.11 Å². The molecule has 1 fully saturated rings. The number of nitrogens with one attached hydrogen (secondary N) is 2. The second-order valence-electron chi connectivity index (χ2n) is 5.89. The van der Waals surface area contributed by atoms with Crippen molar-refractivity contribution in [3.63, 3.8) is 0 Å². The van der Waals surface area contributed by atoms with E-state index in [0.717, 1.165) is 42.3 Å². The van der Waals surface area contributed by atoms with E-state index >= 15 is 0 Å². The number of nitrogens with two attached hydrogens (primary N) is 1. The Kier molecular flexibility index (Phi) is 3.53. The van der Waals surface area contributed by atoms with Crippen LogP contribution in [0.5, 0.6) is 0 Å². The second-order valence-corrected chi connectivity index (χ2v) is 5.89. The number of anilines is 2. The molecule has 5 heteroatoms. The van der Waals surface area contributed by atoms with Crippen LogP contribution in [-0.4, -0.2) is 27.4 Å². The Labute approximate surface area is 118 Å². The molecule has 1 aromatic heterocycles. The predicted molar refractivity (Wildman–Crippen MR) is 81.6 cm³/mol. The number of nitrogen functional groups attached to an aromatic ring is 1. The molecule has 0 atom stereocenters. The molecule has 0 unspecified atom stereocenters. The zero-order valence-corrected chi connectivity index (χ0v) is 11.7. The van der Waals surface area contributed by atoms with Crippen LogP contribution in [0.25, 0.3) is 10.9 Å². The highest BCUT2D eigenvalue weighted by Crippen LogP contribution is 2.29. The van der Waals surface area contributed by atoms with Crippen LogP contribution in [0.3, 0.4) is 0 Å². The summed E-state index contributed by atoms with van der Waals surface area (Å²) in [5, 5.41) is 21.9. The minimum Gasteiger partial charge on any atom is -0.397 e. The van der Waals surface area contributed by atoms with Gasteiger partial charge in [0.25, 0.3) is 0 Å². The van der Waals surface area contributed by atoms with Crippen LogP contribution in [0.4, 0.5) is 11.4 Å². The van der Waals surface area contributed by atoms with Gasteiger partial charge in [0.05, 0.1) is 28.7 Å². The fourth-order valence-electron chi connectivity index (χ4n) is 2.99. The molecule has 0 bridgehead atoms. The van der Waals surface area contributed by atoms with Crippen molar-refractivity contribution in [3.8, 4) is 0 Å². The van der Waals surface area contributed by atoms with Crippen LogP contribution < -0.4 is 11.1 Å². The van der Waals surface area contributed by atoms with Gasteiger partial charge in [0.2, 0.25) is 0 Å². The number of rotatable bonds is 3. The van der Waals surface area contributed by atoms with Gasteiger partial charge < -0.3 is 16.2 Å². The van der Waals surface area contributed by atoms with E-state index in [1.165, 1.54) is 12.8 Å². The maximum absolute atomic E-state index is 10.7. The number of aliphatic hydroxyl groups is 1. The first kappa shape index (κ1) is 13.2. The lowest BCUT2D eigenvalue weighted by atomic mass is 9.94. The molecule has 0 aliphatic heterocycles. The Hall–Kier alpha value is -1.75. The average Bonchev–Trinajstić information content (AvgIpc) is 2.76. The van der Waals surface area contributed by atoms with Gasteiger partial charge in [0, 0.05) is 11.9 Å². The Morgan fingerprint density at radius 3 is 2.75 bits per heavy atom. The lowest BCUT2D eigenvalue weighted by molar-refractivity contribution is 0.0381. The first-order valence-corrected chi connectivity index (χ1v) is 7.35. The van der Waals surface area contributed by atoms with Crippen molar-refractivity contribution in [2.24, 2.45) is 0 Å². The van der Waals surface area contributed by atoms with Gasteiger partial charge >= 0.3 is 0 Å². The minimum absolute atomic E-state index is 0.552. The SMILES string of the molecule is Nc1cc2cn[nH]c2cc1NCC1(O)CCCCCC1. The highest BCUT2D eigenvalue weighted by Gasteiger charge is 2.27. The fourth-order valence-corrected chi connectivity index (χ4v) is 2.99. The van der Waals surface area contributed by atoms with E-state index in [1.807, 2.05) is 12.1 Å². The lowest BCUT2D eigenvalue weighted by Crippen LogP contribution is -2.36. The van der Waals surface area contributed by atoms with Gasteiger partial charge in [-0.3, -0.25) is 5.10 Å². The third-order valence-corrected chi connectivity index (χ3v) is 4.25. The molecule has 1 heterocycles. The summed E-state index contributed by atoms with van der Waals surface area (Å²) in [7, 11) is 0. The van der Waals surface area contributed by atoms with Crippen molar-refractivity contribution in [1.29, 1.82) is 0 Å². The summed E-state index contributed by atoms with van der Waals surface area (Å²) >= 11 is 0. The van der Waals surface area contributed by atoms with Crippen molar-refractivity contribution in [2.75, 3.05) is 17.6 Å². The van der Waals surface area contributed by atoms with Crippen LogP contribution >= 0.6 is 0 Å². The number of aromatic amines is 1. The maximum atomic E-state index is 10.7. The molecule has 108 valence electrons. The van der Waals surface area contributed by atoms with E-state index in [-0.39, 0.29) is 0 Å².